The molecular formula is C36H42Si. The second kappa shape index (κ2) is 12.1. The van der Waals surface area contributed by atoms with Crippen LogP contribution in [0.15, 0.2) is 97.1 Å². The van der Waals surface area contributed by atoms with E-state index in [-0.39, 0.29) is 0 Å². The first-order valence-electron chi connectivity index (χ1n) is 14.7. The van der Waals surface area contributed by atoms with E-state index in [1.54, 1.807) is 10.4 Å². The highest BCUT2D eigenvalue weighted by Crippen LogP contribution is 2.38. The van der Waals surface area contributed by atoms with Crippen LogP contribution in [-0.2, 0) is 0 Å². The summed E-state index contributed by atoms with van der Waals surface area (Å²) in [5, 5.41) is 3.42. The Morgan fingerprint density at radius 2 is 0.865 bits per heavy atom. The molecule has 1 heterocycles. The summed E-state index contributed by atoms with van der Waals surface area (Å²) in [6.45, 7) is 4.66. The molecule has 0 saturated carbocycles. The lowest BCUT2D eigenvalue weighted by Gasteiger charge is -2.31. The quantitative estimate of drug-likeness (QED) is 0.134. The van der Waals surface area contributed by atoms with Gasteiger partial charge in [-0.15, -0.1) is 0 Å². The van der Waals surface area contributed by atoms with E-state index < -0.39 is 8.07 Å². The maximum atomic E-state index is 2.61. The number of fused-ring (bicyclic) bond motifs is 3. The minimum Gasteiger partial charge on any atom is -0.0654 e. The molecule has 0 nitrogen and oxygen atoms in total. The Labute approximate surface area is 225 Å². The molecule has 1 aliphatic heterocycles. The zero-order valence-corrected chi connectivity index (χ0v) is 23.8. The summed E-state index contributed by atoms with van der Waals surface area (Å²) in [5.41, 5.74) is 8.49. The maximum absolute atomic E-state index is 2.61. The van der Waals surface area contributed by atoms with Gasteiger partial charge in [-0.1, -0.05) is 162 Å². The number of hydrogen-bond donors (Lipinski definition) is 0. The molecule has 0 amide bonds. The number of hydrogen-bond acceptors (Lipinski definition) is 0. The van der Waals surface area contributed by atoms with Gasteiger partial charge in [-0.2, -0.15) is 0 Å². The average molecular weight is 503 g/mol. The van der Waals surface area contributed by atoms with Crippen molar-refractivity contribution in [1.29, 1.82) is 0 Å². The largest absolute Gasteiger partial charge is 0.119 e. The van der Waals surface area contributed by atoms with E-state index in [0.29, 0.717) is 0 Å². The van der Waals surface area contributed by atoms with Crippen molar-refractivity contribution in [2.45, 2.75) is 77.3 Å². The molecule has 0 aromatic heterocycles. The van der Waals surface area contributed by atoms with Gasteiger partial charge in [-0.3, -0.25) is 0 Å². The molecule has 1 aliphatic rings. The van der Waals surface area contributed by atoms with Crippen LogP contribution >= 0.6 is 0 Å². The van der Waals surface area contributed by atoms with E-state index in [0.717, 1.165) is 0 Å². The molecule has 0 atom stereocenters. The van der Waals surface area contributed by atoms with Crippen molar-refractivity contribution in [3.05, 3.63) is 97.1 Å². The van der Waals surface area contributed by atoms with Crippen LogP contribution in [0.25, 0.3) is 33.4 Å². The second-order valence-corrected chi connectivity index (χ2v) is 15.2. The molecule has 0 bridgehead atoms. The SMILES string of the molecule is CCCCCC[Si]1(CCCCCC)c2cc(-c3ccccc3)ccc2-c2ccc(-c3ccccc3)cc21. The van der Waals surface area contributed by atoms with Crippen molar-refractivity contribution < 1.29 is 0 Å². The summed E-state index contributed by atoms with van der Waals surface area (Å²) >= 11 is 0. The van der Waals surface area contributed by atoms with E-state index >= 15 is 0 Å². The second-order valence-electron chi connectivity index (χ2n) is 11.0. The highest BCUT2D eigenvalue weighted by atomic mass is 28.3. The minimum absolute atomic E-state index is 1.30. The Bertz CT molecular complexity index is 1190. The topological polar surface area (TPSA) is 0 Å². The van der Waals surface area contributed by atoms with Crippen LogP contribution in [-0.4, -0.2) is 8.07 Å². The van der Waals surface area contributed by atoms with Gasteiger partial charge >= 0.3 is 0 Å². The molecule has 0 spiro atoms. The molecule has 190 valence electrons. The summed E-state index contributed by atoms with van der Waals surface area (Å²) in [6, 6.07) is 39.6. The van der Waals surface area contributed by atoms with Gasteiger partial charge in [0.1, 0.15) is 8.07 Å². The van der Waals surface area contributed by atoms with Gasteiger partial charge in [0.25, 0.3) is 0 Å². The summed E-state index contributed by atoms with van der Waals surface area (Å²) in [7, 11) is -1.90. The molecule has 5 rings (SSSR count). The summed E-state index contributed by atoms with van der Waals surface area (Å²) in [6.07, 6.45) is 10.8. The van der Waals surface area contributed by atoms with Gasteiger partial charge in [-0.25, -0.2) is 0 Å². The van der Waals surface area contributed by atoms with Crippen LogP contribution in [0.4, 0.5) is 0 Å². The Hall–Kier alpha value is -2.90. The Kier molecular flexibility index (Phi) is 8.41. The molecule has 37 heavy (non-hydrogen) atoms. The highest BCUT2D eigenvalue weighted by molar-refractivity contribution is 7.05. The van der Waals surface area contributed by atoms with Crippen molar-refractivity contribution in [3.63, 3.8) is 0 Å². The monoisotopic (exact) mass is 502 g/mol. The Balaban J connectivity index is 1.64. The zero-order valence-electron chi connectivity index (χ0n) is 22.8. The third-order valence-corrected chi connectivity index (χ3v) is 13.8. The van der Waals surface area contributed by atoms with Gasteiger partial charge in [0.15, 0.2) is 0 Å². The van der Waals surface area contributed by atoms with Crippen molar-refractivity contribution in [1.82, 2.24) is 0 Å². The van der Waals surface area contributed by atoms with Gasteiger partial charge in [-0.05, 0) is 55.8 Å². The van der Waals surface area contributed by atoms with Crippen molar-refractivity contribution in [2.24, 2.45) is 0 Å². The van der Waals surface area contributed by atoms with Gasteiger partial charge in [0.2, 0.25) is 0 Å². The fourth-order valence-electron chi connectivity index (χ4n) is 6.49. The average Bonchev–Trinajstić information content (AvgIpc) is 3.23. The molecule has 0 N–H and O–H groups in total. The first-order chi connectivity index (χ1) is 18.3. The number of rotatable bonds is 12. The third-order valence-electron chi connectivity index (χ3n) is 8.49. The van der Waals surface area contributed by atoms with E-state index in [1.165, 1.54) is 96.8 Å². The van der Waals surface area contributed by atoms with E-state index in [9.17, 15) is 0 Å². The first-order valence-corrected chi connectivity index (χ1v) is 17.1. The molecule has 4 aromatic carbocycles. The van der Waals surface area contributed by atoms with Gasteiger partial charge < -0.3 is 0 Å². The van der Waals surface area contributed by atoms with Crippen molar-refractivity contribution in [2.75, 3.05) is 0 Å². The predicted molar refractivity (Wildman–Crippen MR) is 166 cm³/mol. The summed E-state index contributed by atoms with van der Waals surface area (Å²) in [4.78, 5) is 0. The standard InChI is InChI=1S/C36H42Si/c1-3-5-7-15-25-37(26-16-8-6-4-2)35-27-31(29-17-11-9-12-18-29)21-23-33(35)34-24-22-32(28-36(34)37)30-19-13-10-14-20-30/h9-14,17-24,27-28H,3-8,15-16,25-26H2,1-2H3. The Morgan fingerprint density at radius 3 is 1.27 bits per heavy atom. The molecule has 0 fully saturated rings. The molecular weight excluding hydrogens is 460 g/mol. The van der Waals surface area contributed by atoms with Gasteiger partial charge in [0.05, 0.1) is 0 Å². The number of benzene rings is 4. The molecule has 0 radical (unpaired) electrons. The lowest BCUT2D eigenvalue weighted by molar-refractivity contribution is 0.684. The number of unbranched alkanes of at least 4 members (excludes halogenated alkanes) is 6. The van der Waals surface area contributed by atoms with Crippen LogP contribution in [0.2, 0.25) is 12.1 Å². The molecule has 1 heteroatoms. The van der Waals surface area contributed by atoms with Gasteiger partial charge in [0, 0.05) is 0 Å². The molecule has 0 saturated heterocycles. The zero-order chi connectivity index (χ0) is 25.5. The van der Waals surface area contributed by atoms with E-state index in [2.05, 4.69) is 111 Å². The fraction of sp³-hybridized carbons (Fsp3) is 0.333. The third kappa shape index (κ3) is 5.38. The lowest BCUT2D eigenvalue weighted by atomic mass is 9.98. The van der Waals surface area contributed by atoms with Crippen molar-refractivity contribution in [3.8, 4) is 33.4 Å². The Morgan fingerprint density at radius 1 is 0.432 bits per heavy atom. The fourth-order valence-corrected chi connectivity index (χ4v) is 12.1. The van der Waals surface area contributed by atoms with Crippen LogP contribution in [0, 0.1) is 0 Å². The van der Waals surface area contributed by atoms with E-state index in [4.69, 9.17) is 0 Å². The van der Waals surface area contributed by atoms with Crippen LogP contribution in [0.5, 0.6) is 0 Å². The first kappa shape index (κ1) is 25.7. The maximum Gasteiger partial charge on any atom is 0.119 e. The molecule has 4 aromatic rings. The van der Waals surface area contributed by atoms with Crippen molar-refractivity contribution >= 4 is 18.4 Å². The summed E-state index contributed by atoms with van der Waals surface area (Å²) < 4.78 is 0. The van der Waals surface area contributed by atoms with Crippen LogP contribution in [0.1, 0.15) is 65.2 Å². The summed E-state index contributed by atoms with van der Waals surface area (Å²) in [5.74, 6) is 0. The predicted octanol–water partition coefficient (Wildman–Crippen LogP) is 9.72. The normalized spacial score (nSPS) is 13.4. The smallest absolute Gasteiger partial charge is 0.0654 e. The van der Waals surface area contributed by atoms with Crippen LogP contribution < -0.4 is 10.4 Å². The highest BCUT2D eigenvalue weighted by Gasteiger charge is 2.44. The lowest BCUT2D eigenvalue weighted by Crippen LogP contribution is -2.55. The minimum atomic E-state index is -1.90. The van der Waals surface area contributed by atoms with E-state index in [1.807, 2.05) is 0 Å². The molecule has 0 aliphatic carbocycles. The molecule has 0 unspecified atom stereocenters. The van der Waals surface area contributed by atoms with Crippen LogP contribution in [0.3, 0.4) is 0 Å².